The second-order valence-electron chi connectivity index (χ2n) is 7.08. The van der Waals surface area contributed by atoms with Gasteiger partial charge in [0.2, 0.25) is 5.91 Å². The van der Waals surface area contributed by atoms with Crippen molar-refractivity contribution in [2.24, 2.45) is 5.92 Å². The largest absolute Gasteiger partial charge is 0.383 e. The van der Waals surface area contributed by atoms with Crippen LogP contribution in [0.25, 0.3) is 0 Å². The SMILES string of the molecule is COCCN1CC(=O)N(C[C@@H]2CCCN(C)[C@H]2c2cccc(Cl)c2)C1=O. The van der Waals surface area contributed by atoms with Gasteiger partial charge in [0.1, 0.15) is 6.54 Å². The van der Waals surface area contributed by atoms with Gasteiger partial charge < -0.3 is 9.64 Å². The van der Waals surface area contributed by atoms with Gasteiger partial charge in [-0.05, 0) is 50.0 Å². The molecule has 2 aliphatic rings. The summed E-state index contributed by atoms with van der Waals surface area (Å²) in [4.78, 5) is 30.3. The van der Waals surface area contributed by atoms with Crippen molar-refractivity contribution in [3.8, 4) is 0 Å². The zero-order valence-corrected chi connectivity index (χ0v) is 16.1. The minimum Gasteiger partial charge on any atom is -0.383 e. The van der Waals surface area contributed by atoms with Crippen molar-refractivity contribution < 1.29 is 14.3 Å². The summed E-state index contributed by atoms with van der Waals surface area (Å²) in [5.41, 5.74) is 1.14. The maximum absolute atomic E-state index is 12.6. The summed E-state index contributed by atoms with van der Waals surface area (Å²) in [6.45, 7) is 2.47. The van der Waals surface area contributed by atoms with Gasteiger partial charge in [0.15, 0.2) is 0 Å². The Morgan fingerprint density at radius 1 is 1.31 bits per heavy atom. The van der Waals surface area contributed by atoms with E-state index in [2.05, 4.69) is 18.0 Å². The Kier molecular flexibility index (Phi) is 6.16. The highest BCUT2D eigenvalue weighted by atomic mass is 35.5. The number of methoxy groups -OCH3 is 1. The van der Waals surface area contributed by atoms with E-state index < -0.39 is 0 Å². The predicted molar refractivity (Wildman–Crippen MR) is 100 cm³/mol. The minimum absolute atomic E-state index is 0.121. The van der Waals surface area contributed by atoms with Gasteiger partial charge in [0.25, 0.3) is 0 Å². The van der Waals surface area contributed by atoms with E-state index in [1.807, 2.05) is 18.2 Å². The number of piperidine rings is 1. The fourth-order valence-electron chi connectivity index (χ4n) is 4.05. The molecule has 0 radical (unpaired) electrons. The first-order chi connectivity index (χ1) is 12.5. The molecule has 0 saturated carbocycles. The van der Waals surface area contributed by atoms with Gasteiger partial charge in [-0.1, -0.05) is 23.7 Å². The van der Waals surface area contributed by atoms with Crippen LogP contribution in [-0.2, 0) is 9.53 Å². The molecule has 2 aliphatic heterocycles. The third kappa shape index (κ3) is 4.03. The minimum atomic E-state index is -0.204. The highest BCUT2D eigenvalue weighted by Crippen LogP contribution is 2.37. The Balaban J connectivity index is 1.76. The number of carbonyl (C=O) groups is 2. The molecular weight excluding hydrogens is 354 g/mol. The average Bonchev–Trinajstić information content (AvgIpc) is 2.87. The zero-order chi connectivity index (χ0) is 18.7. The van der Waals surface area contributed by atoms with E-state index in [0.717, 1.165) is 24.9 Å². The number of urea groups is 1. The van der Waals surface area contributed by atoms with Gasteiger partial charge in [0, 0.05) is 31.3 Å². The topological polar surface area (TPSA) is 53.1 Å². The van der Waals surface area contributed by atoms with Gasteiger partial charge in [-0.3, -0.25) is 14.6 Å². The summed E-state index contributed by atoms with van der Waals surface area (Å²) in [6, 6.07) is 7.82. The van der Waals surface area contributed by atoms with Crippen LogP contribution in [-0.4, -0.2) is 73.6 Å². The number of nitrogens with zero attached hydrogens (tertiary/aromatic N) is 3. The number of ether oxygens (including phenoxy) is 1. The van der Waals surface area contributed by atoms with Crippen molar-refractivity contribution in [3.05, 3.63) is 34.9 Å². The molecule has 3 amide bonds. The second kappa shape index (κ2) is 8.37. The van der Waals surface area contributed by atoms with E-state index in [0.29, 0.717) is 24.7 Å². The van der Waals surface area contributed by atoms with Crippen molar-refractivity contribution in [2.45, 2.75) is 18.9 Å². The Bertz CT molecular complexity index is 669. The summed E-state index contributed by atoms with van der Waals surface area (Å²) < 4.78 is 5.03. The predicted octanol–water partition coefficient (Wildman–Crippen LogP) is 2.63. The van der Waals surface area contributed by atoms with Crippen molar-refractivity contribution in [1.29, 1.82) is 0 Å². The molecule has 1 aromatic rings. The summed E-state index contributed by atoms with van der Waals surface area (Å²) in [6.07, 6.45) is 2.04. The van der Waals surface area contributed by atoms with Crippen molar-refractivity contribution >= 4 is 23.5 Å². The molecule has 2 saturated heterocycles. The number of halogens is 1. The Hall–Kier alpha value is -1.63. The van der Waals surface area contributed by atoms with E-state index in [1.165, 1.54) is 4.90 Å². The molecule has 7 heteroatoms. The summed E-state index contributed by atoms with van der Waals surface area (Å²) in [5, 5.41) is 0.708. The lowest BCUT2D eigenvalue weighted by Gasteiger charge is -2.40. The molecule has 0 aliphatic carbocycles. The lowest BCUT2D eigenvalue weighted by Crippen LogP contribution is -2.44. The lowest BCUT2D eigenvalue weighted by molar-refractivity contribution is -0.126. The van der Waals surface area contributed by atoms with Crippen LogP contribution < -0.4 is 0 Å². The molecule has 0 aromatic heterocycles. The molecule has 2 heterocycles. The van der Waals surface area contributed by atoms with E-state index in [4.69, 9.17) is 16.3 Å². The van der Waals surface area contributed by atoms with Crippen LogP contribution >= 0.6 is 11.6 Å². The first-order valence-electron chi connectivity index (χ1n) is 9.05. The van der Waals surface area contributed by atoms with Crippen molar-refractivity contribution in [2.75, 3.05) is 46.9 Å². The molecule has 0 bridgehead atoms. The fraction of sp³-hybridized carbons (Fsp3) is 0.579. The summed E-state index contributed by atoms with van der Waals surface area (Å²) in [5.74, 6) is 0.0756. The normalized spacial score (nSPS) is 24.6. The number of benzene rings is 1. The van der Waals surface area contributed by atoms with E-state index in [9.17, 15) is 9.59 Å². The third-order valence-corrected chi connectivity index (χ3v) is 5.54. The molecule has 3 rings (SSSR count). The number of rotatable bonds is 6. The Labute approximate surface area is 159 Å². The third-order valence-electron chi connectivity index (χ3n) is 5.31. The van der Waals surface area contributed by atoms with Crippen molar-refractivity contribution in [3.63, 3.8) is 0 Å². The summed E-state index contributed by atoms with van der Waals surface area (Å²) in [7, 11) is 3.68. The highest BCUT2D eigenvalue weighted by molar-refractivity contribution is 6.30. The number of hydrogen-bond donors (Lipinski definition) is 0. The molecule has 2 fully saturated rings. The number of carbonyl (C=O) groups excluding carboxylic acids is 2. The zero-order valence-electron chi connectivity index (χ0n) is 15.4. The van der Waals surface area contributed by atoms with Gasteiger partial charge in [0.05, 0.1) is 6.61 Å². The summed E-state index contributed by atoms with van der Waals surface area (Å²) >= 11 is 6.19. The van der Waals surface area contributed by atoms with Crippen LogP contribution in [0.5, 0.6) is 0 Å². The van der Waals surface area contributed by atoms with Gasteiger partial charge in [-0.15, -0.1) is 0 Å². The molecule has 1 aromatic carbocycles. The van der Waals surface area contributed by atoms with Crippen LogP contribution in [0.1, 0.15) is 24.4 Å². The molecule has 26 heavy (non-hydrogen) atoms. The van der Waals surface area contributed by atoms with Gasteiger partial charge in [-0.25, -0.2) is 4.79 Å². The number of imide groups is 1. The van der Waals surface area contributed by atoms with E-state index >= 15 is 0 Å². The van der Waals surface area contributed by atoms with Crippen molar-refractivity contribution in [1.82, 2.24) is 14.7 Å². The number of hydrogen-bond acceptors (Lipinski definition) is 4. The standard InChI is InChI=1S/C19H26ClN3O3/c1-21-8-4-6-15(18(21)14-5-3-7-16(20)11-14)12-23-17(24)13-22(19(23)25)9-10-26-2/h3,5,7,11,15,18H,4,6,8-10,12-13H2,1-2H3/t15-,18-/m0/s1. The molecule has 142 valence electrons. The van der Waals surface area contributed by atoms with Crippen LogP contribution in [0.15, 0.2) is 24.3 Å². The molecule has 0 N–H and O–H groups in total. The first kappa shape index (κ1) is 19.1. The average molecular weight is 380 g/mol. The van der Waals surface area contributed by atoms with E-state index in [1.54, 1.807) is 12.0 Å². The highest BCUT2D eigenvalue weighted by Gasteiger charge is 2.40. The van der Waals surface area contributed by atoms with E-state index in [-0.39, 0.29) is 30.4 Å². The fourth-order valence-corrected chi connectivity index (χ4v) is 4.25. The lowest BCUT2D eigenvalue weighted by atomic mass is 9.84. The number of likely N-dealkylation sites (tertiary alicyclic amines) is 1. The first-order valence-corrected chi connectivity index (χ1v) is 9.43. The van der Waals surface area contributed by atoms with Crippen LogP contribution in [0.4, 0.5) is 4.79 Å². The monoisotopic (exact) mass is 379 g/mol. The van der Waals surface area contributed by atoms with Crippen LogP contribution in [0.2, 0.25) is 5.02 Å². The quantitative estimate of drug-likeness (QED) is 0.713. The Morgan fingerprint density at radius 3 is 2.85 bits per heavy atom. The Morgan fingerprint density at radius 2 is 2.12 bits per heavy atom. The molecule has 0 unspecified atom stereocenters. The van der Waals surface area contributed by atoms with Gasteiger partial charge >= 0.3 is 6.03 Å². The maximum atomic E-state index is 12.6. The maximum Gasteiger partial charge on any atom is 0.327 e. The van der Waals surface area contributed by atoms with Crippen LogP contribution in [0, 0.1) is 5.92 Å². The molecule has 2 atom stereocenters. The van der Waals surface area contributed by atoms with Gasteiger partial charge in [-0.2, -0.15) is 0 Å². The molecule has 6 nitrogen and oxygen atoms in total. The molecule has 0 spiro atoms. The van der Waals surface area contributed by atoms with Crippen LogP contribution in [0.3, 0.4) is 0 Å². The number of amides is 3. The second-order valence-corrected chi connectivity index (χ2v) is 7.52. The smallest absolute Gasteiger partial charge is 0.327 e. The molecular formula is C19H26ClN3O3.